The maximum atomic E-state index is 5.25. The molecule has 19 heavy (non-hydrogen) atoms. The van der Waals surface area contributed by atoms with Gasteiger partial charge in [-0.2, -0.15) is 5.10 Å². The van der Waals surface area contributed by atoms with Crippen molar-refractivity contribution < 1.29 is 4.74 Å². The maximum Gasteiger partial charge on any atom is 0.212 e. The van der Waals surface area contributed by atoms with Crippen LogP contribution in [0.25, 0.3) is 22.0 Å². The third kappa shape index (κ3) is 2.08. The minimum absolute atomic E-state index is 0.580. The second-order valence-corrected chi connectivity index (χ2v) is 4.44. The van der Waals surface area contributed by atoms with Crippen LogP contribution in [0.2, 0.25) is 0 Å². The number of hydrogen-bond donors (Lipinski definition) is 1. The fourth-order valence-corrected chi connectivity index (χ4v) is 2.20. The minimum Gasteiger partial charge on any atom is -0.481 e. The van der Waals surface area contributed by atoms with Gasteiger partial charge < -0.3 is 4.74 Å². The smallest absolute Gasteiger partial charge is 0.212 e. The zero-order valence-electron chi connectivity index (χ0n) is 10.3. The van der Waals surface area contributed by atoms with Crippen LogP contribution in [0.1, 0.15) is 0 Å². The monoisotopic (exact) mass is 269 g/mol. The summed E-state index contributed by atoms with van der Waals surface area (Å²) in [5.41, 5.74) is 1.75. The van der Waals surface area contributed by atoms with Crippen molar-refractivity contribution in [3.05, 3.63) is 47.2 Å². The lowest BCUT2D eigenvalue weighted by Gasteiger charge is -2.06. The Kier molecular flexibility index (Phi) is 2.97. The Hall–Kier alpha value is -2.27. The summed E-state index contributed by atoms with van der Waals surface area (Å²) in [7, 11) is 1.59. The second-order valence-electron chi connectivity index (χ2n) is 4.04. The Morgan fingerprint density at radius 2 is 1.89 bits per heavy atom. The molecule has 4 nitrogen and oxygen atoms in total. The Bertz CT molecular complexity index is 781. The molecule has 2 heterocycles. The van der Waals surface area contributed by atoms with Gasteiger partial charge in [0, 0.05) is 28.6 Å². The lowest BCUT2D eigenvalue weighted by atomic mass is 10.1. The number of hydrogen-bond acceptors (Lipinski definition) is 4. The van der Waals surface area contributed by atoms with Gasteiger partial charge in [0.05, 0.1) is 7.11 Å². The number of benzene rings is 1. The minimum atomic E-state index is 0.580. The fraction of sp³-hybridized carbons (Fsp3) is 0.0714. The van der Waals surface area contributed by atoms with Crippen LogP contribution in [-0.2, 0) is 0 Å². The van der Waals surface area contributed by atoms with E-state index >= 15 is 0 Å². The molecule has 0 aliphatic carbocycles. The Morgan fingerprint density at radius 3 is 2.58 bits per heavy atom. The maximum absolute atomic E-state index is 5.25. The summed E-state index contributed by atoms with van der Waals surface area (Å²) in [4.78, 5) is 4.20. The summed E-state index contributed by atoms with van der Waals surface area (Å²) in [5, 5.41) is 9.19. The molecule has 0 radical (unpaired) electrons. The Labute approximate surface area is 115 Å². The van der Waals surface area contributed by atoms with Crippen molar-refractivity contribution in [3.8, 4) is 17.1 Å². The van der Waals surface area contributed by atoms with Gasteiger partial charge in [0.1, 0.15) is 10.3 Å². The van der Waals surface area contributed by atoms with Gasteiger partial charge in [-0.05, 0) is 6.07 Å². The van der Waals surface area contributed by atoms with Crippen molar-refractivity contribution in [1.29, 1.82) is 0 Å². The summed E-state index contributed by atoms with van der Waals surface area (Å²) in [5.74, 6) is 0.580. The van der Waals surface area contributed by atoms with Crippen molar-refractivity contribution in [2.75, 3.05) is 7.11 Å². The number of methoxy groups -OCH3 is 1. The van der Waals surface area contributed by atoms with Crippen molar-refractivity contribution in [2.45, 2.75) is 0 Å². The third-order valence-corrected chi connectivity index (χ3v) is 3.23. The van der Waals surface area contributed by atoms with Crippen LogP contribution in [0.3, 0.4) is 0 Å². The predicted octanol–water partition coefficient (Wildman–Crippen LogP) is 3.36. The highest BCUT2D eigenvalue weighted by atomic mass is 32.1. The molecule has 0 aliphatic heterocycles. The molecule has 3 rings (SSSR count). The summed E-state index contributed by atoms with van der Waals surface area (Å²) in [6.45, 7) is 0. The van der Waals surface area contributed by atoms with Crippen LogP contribution in [0.5, 0.6) is 5.88 Å². The number of nitrogens with zero attached hydrogens (tertiary/aromatic N) is 2. The van der Waals surface area contributed by atoms with Crippen molar-refractivity contribution in [3.63, 3.8) is 0 Å². The van der Waals surface area contributed by atoms with Crippen LogP contribution in [0.15, 0.2) is 42.6 Å². The van der Waals surface area contributed by atoms with Gasteiger partial charge in [0.25, 0.3) is 0 Å². The Balaban J connectivity index is 2.24. The largest absolute Gasteiger partial charge is 0.481 e. The van der Waals surface area contributed by atoms with E-state index in [-0.39, 0.29) is 0 Å². The van der Waals surface area contributed by atoms with E-state index in [4.69, 9.17) is 17.0 Å². The van der Waals surface area contributed by atoms with Gasteiger partial charge in [-0.1, -0.05) is 36.5 Å². The standard InChI is InChI=1S/C14H11N3OS/c1-18-12-7-6-9(8-15-12)13-10-4-2-3-5-11(10)14(19)17-16-13/h2-8H,1H3,(H,17,19). The number of pyridine rings is 1. The van der Waals surface area contributed by atoms with Crippen LogP contribution in [0.4, 0.5) is 0 Å². The molecule has 0 bridgehead atoms. The summed E-state index contributed by atoms with van der Waals surface area (Å²) < 4.78 is 5.70. The van der Waals surface area contributed by atoms with E-state index < -0.39 is 0 Å². The zero-order valence-corrected chi connectivity index (χ0v) is 11.1. The average molecular weight is 269 g/mol. The lowest BCUT2D eigenvalue weighted by Crippen LogP contribution is -1.93. The van der Waals surface area contributed by atoms with E-state index in [1.165, 1.54) is 0 Å². The van der Waals surface area contributed by atoms with Crippen LogP contribution < -0.4 is 4.74 Å². The number of aromatic nitrogens is 3. The molecule has 0 aliphatic rings. The molecule has 0 atom stereocenters. The first-order chi connectivity index (χ1) is 9.29. The Morgan fingerprint density at radius 1 is 1.11 bits per heavy atom. The molecule has 5 heteroatoms. The molecule has 1 N–H and O–H groups in total. The molecule has 0 spiro atoms. The number of nitrogens with one attached hydrogen (secondary N) is 1. The van der Waals surface area contributed by atoms with Gasteiger partial charge in [0.15, 0.2) is 0 Å². The summed E-state index contributed by atoms with van der Waals surface area (Å²) in [6.07, 6.45) is 1.74. The fourth-order valence-electron chi connectivity index (χ4n) is 1.98. The molecule has 0 saturated heterocycles. The number of ether oxygens (including phenoxy) is 1. The van der Waals surface area contributed by atoms with E-state index in [1.54, 1.807) is 13.3 Å². The molecular weight excluding hydrogens is 258 g/mol. The van der Waals surface area contributed by atoms with E-state index in [0.29, 0.717) is 10.5 Å². The van der Waals surface area contributed by atoms with E-state index in [2.05, 4.69) is 15.2 Å². The second kappa shape index (κ2) is 4.78. The topological polar surface area (TPSA) is 50.8 Å². The highest BCUT2D eigenvalue weighted by Gasteiger charge is 2.07. The van der Waals surface area contributed by atoms with Crippen molar-refractivity contribution >= 4 is 23.0 Å². The molecule has 0 amide bonds. The third-order valence-electron chi connectivity index (χ3n) is 2.91. The normalized spacial score (nSPS) is 10.6. The molecule has 1 aromatic carbocycles. The molecule has 3 aromatic rings. The van der Waals surface area contributed by atoms with Gasteiger partial charge in [-0.3, -0.25) is 5.10 Å². The van der Waals surface area contributed by atoms with Crippen molar-refractivity contribution in [2.24, 2.45) is 0 Å². The van der Waals surface area contributed by atoms with Crippen molar-refractivity contribution in [1.82, 2.24) is 15.2 Å². The number of fused-ring (bicyclic) bond motifs is 1. The van der Waals surface area contributed by atoms with Crippen LogP contribution >= 0.6 is 12.2 Å². The predicted molar refractivity (Wildman–Crippen MR) is 76.7 cm³/mol. The molecule has 94 valence electrons. The average Bonchev–Trinajstić information content (AvgIpc) is 2.48. The van der Waals surface area contributed by atoms with Gasteiger partial charge >= 0.3 is 0 Å². The SMILES string of the molecule is COc1ccc(-c2n[nH]c(=S)c3ccccc23)cn1. The molecular formula is C14H11N3OS. The van der Waals surface area contributed by atoms with E-state index in [1.807, 2.05) is 36.4 Å². The molecule has 0 saturated carbocycles. The van der Waals surface area contributed by atoms with Crippen LogP contribution in [0, 0.1) is 4.64 Å². The van der Waals surface area contributed by atoms with E-state index in [9.17, 15) is 0 Å². The highest BCUT2D eigenvalue weighted by Crippen LogP contribution is 2.26. The van der Waals surface area contributed by atoms with Crippen LogP contribution in [-0.4, -0.2) is 22.3 Å². The van der Waals surface area contributed by atoms with Gasteiger partial charge in [0.2, 0.25) is 5.88 Å². The summed E-state index contributed by atoms with van der Waals surface area (Å²) >= 11 is 5.25. The zero-order chi connectivity index (χ0) is 13.2. The number of aromatic amines is 1. The first-order valence-electron chi connectivity index (χ1n) is 5.77. The van der Waals surface area contributed by atoms with E-state index in [0.717, 1.165) is 22.0 Å². The quantitative estimate of drug-likeness (QED) is 0.725. The molecule has 0 unspecified atom stereocenters. The van der Waals surface area contributed by atoms with Gasteiger partial charge in [-0.25, -0.2) is 4.98 Å². The number of rotatable bonds is 2. The van der Waals surface area contributed by atoms with Gasteiger partial charge in [-0.15, -0.1) is 0 Å². The summed E-state index contributed by atoms with van der Waals surface area (Å²) in [6, 6.07) is 11.7. The first kappa shape index (κ1) is 11.8. The highest BCUT2D eigenvalue weighted by molar-refractivity contribution is 7.71. The molecule has 0 fully saturated rings. The molecule has 2 aromatic heterocycles. The number of H-pyrrole nitrogens is 1. The first-order valence-corrected chi connectivity index (χ1v) is 6.18. The lowest BCUT2D eigenvalue weighted by molar-refractivity contribution is 0.398.